The molecule has 1 N–H and O–H groups in total. The predicted octanol–water partition coefficient (Wildman–Crippen LogP) is 2.83. The normalized spacial score (nSPS) is 24.2. The monoisotopic (exact) mass is 214 g/mol. The first kappa shape index (κ1) is 9.91. The van der Waals surface area contributed by atoms with Crippen LogP contribution in [0.4, 0.5) is 0 Å². The molecule has 0 unspecified atom stereocenters. The molecule has 16 heavy (non-hydrogen) atoms. The fourth-order valence-corrected chi connectivity index (χ4v) is 2.63. The maximum atomic E-state index is 3.24. The van der Waals surface area contributed by atoms with Crippen molar-refractivity contribution in [3.63, 3.8) is 0 Å². The number of fused-ring (bicyclic) bond motifs is 1. The van der Waals surface area contributed by atoms with Crippen LogP contribution in [-0.2, 0) is 0 Å². The topological polar surface area (TPSA) is 19.0 Å². The van der Waals surface area contributed by atoms with Crippen molar-refractivity contribution in [2.24, 2.45) is 5.92 Å². The molecular formula is C14H18N2. The molecule has 0 saturated heterocycles. The van der Waals surface area contributed by atoms with Gasteiger partial charge in [0.25, 0.3) is 0 Å². The Hall–Kier alpha value is -1.28. The van der Waals surface area contributed by atoms with E-state index in [4.69, 9.17) is 0 Å². The van der Waals surface area contributed by atoms with Crippen LogP contribution in [0, 0.1) is 5.92 Å². The molecule has 2 nitrogen and oxygen atoms in total. The highest BCUT2D eigenvalue weighted by molar-refractivity contribution is 5.80. The van der Waals surface area contributed by atoms with Gasteiger partial charge in [-0.1, -0.05) is 6.07 Å². The molecule has 1 aliphatic rings. The molecule has 2 atom stereocenters. The highest BCUT2D eigenvalue weighted by atomic mass is 15.1. The molecule has 1 fully saturated rings. The second-order valence-electron chi connectivity index (χ2n) is 5.19. The van der Waals surface area contributed by atoms with E-state index in [1.54, 1.807) is 0 Å². The average molecular weight is 214 g/mol. The van der Waals surface area contributed by atoms with E-state index in [1.165, 1.54) is 29.4 Å². The van der Waals surface area contributed by atoms with Crippen LogP contribution < -0.4 is 0 Å². The summed E-state index contributed by atoms with van der Waals surface area (Å²) in [5.74, 6) is 1.66. The summed E-state index contributed by atoms with van der Waals surface area (Å²) in [7, 11) is 4.31. The Kier molecular flexibility index (Phi) is 2.25. The Bertz CT molecular complexity index is 498. The molecule has 3 rings (SSSR count). The van der Waals surface area contributed by atoms with Crippen molar-refractivity contribution in [2.45, 2.75) is 12.3 Å². The van der Waals surface area contributed by atoms with Gasteiger partial charge in [-0.15, -0.1) is 0 Å². The summed E-state index contributed by atoms with van der Waals surface area (Å²) >= 11 is 0. The number of hydrogen-bond acceptors (Lipinski definition) is 1. The van der Waals surface area contributed by atoms with Gasteiger partial charge in [0, 0.05) is 18.3 Å². The number of nitrogens with one attached hydrogen (secondary N) is 1. The molecule has 0 aliphatic heterocycles. The number of H-pyrrole nitrogens is 1. The largest absolute Gasteiger partial charge is 0.361 e. The zero-order chi connectivity index (χ0) is 11.1. The first-order valence-corrected chi connectivity index (χ1v) is 5.96. The fourth-order valence-electron chi connectivity index (χ4n) is 2.63. The fraction of sp³-hybridized carbons (Fsp3) is 0.429. The summed E-state index contributed by atoms with van der Waals surface area (Å²) < 4.78 is 0. The summed E-state index contributed by atoms with van der Waals surface area (Å²) in [4.78, 5) is 5.53. The highest BCUT2D eigenvalue weighted by Gasteiger charge is 2.38. The Balaban J connectivity index is 1.80. The van der Waals surface area contributed by atoms with Crippen molar-refractivity contribution in [1.29, 1.82) is 0 Å². The summed E-state index contributed by atoms with van der Waals surface area (Å²) in [6.45, 7) is 1.22. The molecule has 1 saturated carbocycles. The first-order valence-electron chi connectivity index (χ1n) is 5.96. The number of aromatic amines is 1. The van der Waals surface area contributed by atoms with E-state index in [-0.39, 0.29) is 0 Å². The third-order valence-corrected chi connectivity index (χ3v) is 3.53. The van der Waals surface area contributed by atoms with E-state index in [9.17, 15) is 0 Å². The van der Waals surface area contributed by atoms with Crippen molar-refractivity contribution in [1.82, 2.24) is 9.88 Å². The molecule has 84 valence electrons. The van der Waals surface area contributed by atoms with Crippen molar-refractivity contribution in [2.75, 3.05) is 20.6 Å². The Morgan fingerprint density at radius 1 is 1.31 bits per heavy atom. The van der Waals surface area contributed by atoms with E-state index < -0.39 is 0 Å². The molecule has 1 heterocycles. The standard InChI is InChI=1S/C14H18N2/c1-16(2)9-12-8-13(12)10-3-4-14-11(7-10)5-6-15-14/h3-7,12-13,15H,8-9H2,1-2H3/t12-,13-/m0/s1. The quantitative estimate of drug-likeness (QED) is 0.832. The van der Waals surface area contributed by atoms with Crippen LogP contribution in [-0.4, -0.2) is 30.5 Å². The second kappa shape index (κ2) is 3.63. The van der Waals surface area contributed by atoms with Gasteiger partial charge >= 0.3 is 0 Å². The van der Waals surface area contributed by atoms with Crippen LogP contribution in [0.2, 0.25) is 0 Å². The van der Waals surface area contributed by atoms with Gasteiger partial charge in [-0.2, -0.15) is 0 Å². The van der Waals surface area contributed by atoms with Crippen LogP contribution >= 0.6 is 0 Å². The molecule has 0 spiro atoms. The summed E-state index contributed by atoms with van der Waals surface area (Å²) in [5.41, 5.74) is 2.76. The van der Waals surface area contributed by atoms with E-state index in [0.29, 0.717) is 0 Å². The maximum absolute atomic E-state index is 3.24. The van der Waals surface area contributed by atoms with Crippen molar-refractivity contribution >= 4 is 10.9 Å². The van der Waals surface area contributed by atoms with E-state index >= 15 is 0 Å². The Labute approximate surface area is 96.3 Å². The zero-order valence-corrected chi connectivity index (χ0v) is 9.90. The Morgan fingerprint density at radius 2 is 2.19 bits per heavy atom. The third kappa shape index (κ3) is 1.74. The van der Waals surface area contributed by atoms with E-state index in [1.807, 2.05) is 6.20 Å². The van der Waals surface area contributed by atoms with Crippen LogP contribution in [0.3, 0.4) is 0 Å². The molecule has 2 heteroatoms. The third-order valence-electron chi connectivity index (χ3n) is 3.53. The SMILES string of the molecule is CN(C)C[C@@H]1C[C@H]1c1ccc2[nH]ccc2c1. The smallest absolute Gasteiger partial charge is 0.0454 e. The molecule has 2 aromatic rings. The minimum Gasteiger partial charge on any atom is -0.361 e. The van der Waals surface area contributed by atoms with Crippen LogP contribution in [0.5, 0.6) is 0 Å². The summed E-state index contributed by atoms with van der Waals surface area (Å²) in [5, 5.41) is 1.34. The average Bonchev–Trinajstić information content (AvgIpc) is 2.84. The summed E-state index contributed by atoms with van der Waals surface area (Å²) in [6, 6.07) is 8.98. The first-order chi connectivity index (χ1) is 7.74. The van der Waals surface area contributed by atoms with Gasteiger partial charge in [0.1, 0.15) is 0 Å². The van der Waals surface area contributed by atoms with E-state index in [0.717, 1.165) is 11.8 Å². The van der Waals surface area contributed by atoms with Crippen LogP contribution in [0.1, 0.15) is 17.9 Å². The number of benzene rings is 1. The van der Waals surface area contributed by atoms with Gasteiger partial charge in [0.05, 0.1) is 0 Å². The molecule has 0 radical (unpaired) electrons. The number of aromatic nitrogens is 1. The summed E-state index contributed by atoms with van der Waals surface area (Å²) in [6.07, 6.45) is 3.37. The van der Waals surface area contributed by atoms with Gasteiger partial charge in [-0.05, 0) is 61.5 Å². The van der Waals surface area contributed by atoms with E-state index in [2.05, 4.69) is 48.2 Å². The maximum Gasteiger partial charge on any atom is 0.0454 e. The second-order valence-corrected chi connectivity index (χ2v) is 5.19. The lowest BCUT2D eigenvalue weighted by atomic mass is 10.1. The van der Waals surface area contributed by atoms with Gasteiger partial charge in [-0.3, -0.25) is 0 Å². The minimum absolute atomic E-state index is 0.793. The predicted molar refractivity (Wildman–Crippen MR) is 67.7 cm³/mol. The van der Waals surface area contributed by atoms with Crippen molar-refractivity contribution < 1.29 is 0 Å². The molecule has 1 aromatic heterocycles. The lowest BCUT2D eigenvalue weighted by Gasteiger charge is -2.08. The molecular weight excluding hydrogens is 196 g/mol. The number of nitrogens with zero attached hydrogens (tertiary/aromatic N) is 1. The van der Waals surface area contributed by atoms with Crippen LogP contribution in [0.15, 0.2) is 30.5 Å². The molecule has 0 bridgehead atoms. The lowest BCUT2D eigenvalue weighted by Crippen LogP contribution is -2.15. The Morgan fingerprint density at radius 3 is 3.00 bits per heavy atom. The van der Waals surface area contributed by atoms with Gasteiger partial charge in [0.2, 0.25) is 0 Å². The molecule has 1 aliphatic carbocycles. The highest BCUT2D eigenvalue weighted by Crippen LogP contribution is 2.48. The minimum atomic E-state index is 0.793. The van der Waals surface area contributed by atoms with Gasteiger partial charge in [0.15, 0.2) is 0 Å². The van der Waals surface area contributed by atoms with Gasteiger partial charge < -0.3 is 9.88 Å². The number of hydrogen-bond donors (Lipinski definition) is 1. The molecule has 0 amide bonds. The van der Waals surface area contributed by atoms with Crippen LogP contribution in [0.25, 0.3) is 10.9 Å². The zero-order valence-electron chi connectivity index (χ0n) is 9.90. The molecule has 1 aromatic carbocycles. The number of rotatable bonds is 3. The lowest BCUT2D eigenvalue weighted by molar-refractivity contribution is 0.385. The van der Waals surface area contributed by atoms with Gasteiger partial charge in [-0.25, -0.2) is 0 Å². The van der Waals surface area contributed by atoms with Crippen molar-refractivity contribution in [3.05, 3.63) is 36.0 Å². The van der Waals surface area contributed by atoms with Crippen molar-refractivity contribution in [3.8, 4) is 0 Å².